The Morgan fingerprint density at radius 2 is 1.60 bits per heavy atom. The molecule has 3 aromatic rings. The molecule has 0 aromatic heterocycles. The highest BCUT2D eigenvalue weighted by Gasteiger charge is 2.23. The summed E-state index contributed by atoms with van der Waals surface area (Å²) >= 11 is 0. The SMILES string of the molecule is Cc1ccc(-c2ccc(OCC(=O)Nc3cccc(C(=O)NC4CC4)c3)cc2)cc1. The van der Waals surface area contributed by atoms with E-state index in [-0.39, 0.29) is 18.4 Å². The molecule has 152 valence electrons. The number of anilines is 1. The standard InChI is InChI=1S/C25H24N2O3/c1-17-5-7-18(8-6-17)19-9-13-23(14-10-19)30-16-24(28)26-22-4-2-3-20(15-22)25(29)27-21-11-12-21/h2-10,13-15,21H,11-12,16H2,1H3,(H,26,28)(H,27,29). The van der Waals surface area contributed by atoms with Gasteiger partial charge in [-0.2, -0.15) is 0 Å². The van der Waals surface area contributed by atoms with Crippen LogP contribution in [0.1, 0.15) is 28.8 Å². The Morgan fingerprint density at radius 3 is 2.27 bits per heavy atom. The Kier molecular flexibility index (Phi) is 5.80. The highest BCUT2D eigenvalue weighted by Crippen LogP contribution is 2.23. The zero-order valence-corrected chi connectivity index (χ0v) is 16.9. The molecule has 0 radical (unpaired) electrons. The number of nitrogens with one attached hydrogen (secondary N) is 2. The van der Waals surface area contributed by atoms with E-state index in [0.717, 1.165) is 24.0 Å². The lowest BCUT2D eigenvalue weighted by Crippen LogP contribution is -2.25. The fraction of sp³-hybridized carbons (Fsp3) is 0.200. The molecule has 0 unspecified atom stereocenters. The molecule has 0 spiro atoms. The molecule has 0 heterocycles. The number of hydrogen-bond donors (Lipinski definition) is 2. The van der Waals surface area contributed by atoms with Gasteiger partial charge in [-0.15, -0.1) is 0 Å². The van der Waals surface area contributed by atoms with Crippen molar-refractivity contribution < 1.29 is 14.3 Å². The maximum atomic E-state index is 12.2. The minimum atomic E-state index is -0.280. The number of hydrogen-bond acceptors (Lipinski definition) is 3. The first-order valence-corrected chi connectivity index (χ1v) is 10.1. The number of aryl methyl sites for hydroxylation is 1. The highest BCUT2D eigenvalue weighted by atomic mass is 16.5. The molecular formula is C25H24N2O3. The number of carbonyl (C=O) groups excluding carboxylic acids is 2. The van der Waals surface area contributed by atoms with Gasteiger partial charge in [0.25, 0.3) is 11.8 Å². The maximum absolute atomic E-state index is 12.2. The van der Waals surface area contributed by atoms with E-state index in [0.29, 0.717) is 23.0 Å². The third kappa shape index (κ3) is 5.26. The van der Waals surface area contributed by atoms with Crippen LogP contribution in [0.5, 0.6) is 5.75 Å². The lowest BCUT2D eigenvalue weighted by Gasteiger charge is -2.10. The second-order valence-corrected chi connectivity index (χ2v) is 7.56. The van der Waals surface area contributed by atoms with Crippen molar-refractivity contribution >= 4 is 17.5 Å². The molecule has 1 fully saturated rings. The molecule has 0 aliphatic heterocycles. The van der Waals surface area contributed by atoms with Crippen LogP contribution in [0.2, 0.25) is 0 Å². The average Bonchev–Trinajstić information content (AvgIpc) is 3.57. The summed E-state index contributed by atoms with van der Waals surface area (Å²) in [4.78, 5) is 24.4. The molecule has 0 atom stereocenters. The van der Waals surface area contributed by atoms with Crippen molar-refractivity contribution in [2.75, 3.05) is 11.9 Å². The smallest absolute Gasteiger partial charge is 0.262 e. The molecule has 2 N–H and O–H groups in total. The van der Waals surface area contributed by atoms with Crippen molar-refractivity contribution in [3.63, 3.8) is 0 Å². The molecule has 1 aliphatic rings. The minimum Gasteiger partial charge on any atom is -0.484 e. The second-order valence-electron chi connectivity index (χ2n) is 7.56. The molecule has 1 aliphatic carbocycles. The van der Waals surface area contributed by atoms with Gasteiger partial charge in [0, 0.05) is 17.3 Å². The monoisotopic (exact) mass is 400 g/mol. The average molecular weight is 400 g/mol. The Morgan fingerprint density at radius 1 is 0.933 bits per heavy atom. The number of carbonyl (C=O) groups is 2. The van der Waals surface area contributed by atoms with Crippen molar-refractivity contribution in [3.05, 3.63) is 83.9 Å². The Labute approximate surface area is 176 Å². The van der Waals surface area contributed by atoms with Crippen LogP contribution in [-0.4, -0.2) is 24.5 Å². The van der Waals surface area contributed by atoms with Crippen LogP contribution in [0, 0.1) is 6.92 Å². The third-order valence-corrected chi connectivity index (χ3v) is 4.93. The molecule has 4 rings (SSSR count). The normalized spacial score (nSPS) is 12.8. The summed E-state index contributed by atoms with van der Waals surface area (Å²) in [7, 11) is 0. The summed E-state index contributed by atoms with van der Waals surface area (Å²) in [6.45, 7) is 1.95. The van der Waals surface area contributed by atoms with E-state index in [2.05, 4.69) is 41.8 Å². The van der Waals surface area contributed by atoms with Crippen molar-refractivity contribution in [1.29, 1.82) is 0 Å². The summed E-state index contributed by atoms with van der Waals surface area (Å²) in [5.74, 6) is 0.231. The Bertz CT molecular complexity index is 1040. The number of benzene rings is 3. The number of ether oxygens (including phenoxy) is 1. The Balaban J connectivity index is 1.30. The van der Waals surface area contributed by atoms with E-state index in [4.69, 9.17) is 4.74 Å². The lowest BCUT2D eigenvalue weighted by atomic mass is 10.0. The van der Waals surface area contributed by atoms with Gasteiger partial charge in [-0.3, -0.25) is 9.59 Å². The first kappa shape index (κ1) is 19.7. The summed E-state index contributed by atoms with van der Waals surface area (Å²) in [6, 6.07) is 23.2. The van der Waals surface area contributed by atoms with Crippen molar-refractivity contribution in [1.82, 2.24) is 5.32 Å². The zero-order chi connectivity index (χ0) is 20.9. The van der Waals surface area contributed by atoms with Crippen molar-refractivity contribution in [3.8, 4) is 16.9 Å². The summed E-state index contributed by atoms with van der Waals surface area (Å²) in [5.41, 5.74) is 4.55. The van der Waals surface area contributed by atoms with Crippen LogP contribution in [0.4, 0.5) is 5.69 Å². The van der Waals surface area contributed by atoms with E-state index >= 15 is 0 Å². The van der Waals surface area contributed by atoms with E-state index < -0.39 is 0 Å². The van der Waals surface area contributed by atoms with Crippen LogP contribution in [-0.2, 0) is 4.79 Å². The van der Waals surface area contributed by atoms with Gasteiger partial charge in [0.1, 0.15) is 5.75 Å². The predicted molar refractivity (Wildman–Crippen MR) is 118 cm³/mol. The third-order valence-electron chi connectivity index (χ3n) is 4.93. The van der Waals surface area contributed by atoms with Gasteiger partial charge in [0.05, 0.1) is 0 Å². The predicted octanol–water partition coefficient (Wildman–Crippen LogP) is 4.57. The largest absolute Gasteiger partial charge is 0.484 e. The van der Waals surface area contributed by atoms with Gasteiger partial charge >= 0.3 is 0 Å². The maximum Gasteiger partial charge on any atom is 0.262 e. The van der Waals surface area contributed by atoms with Gasteiger partial charge in [-0.05, 0) is 61.2 Å². The molecule has 0 bridgehead atoms. The van der Waals surface area contributed by atoms with Crippen LogP contribution in [0.25, 0.3) is 11.1 Å². The fourth-order valence-electron chi connectivity index (χ4n) is 3.07. The van der Waals surface area contributed by atoms with Crippen LogP contribution in [0.3, 0.4) is 0 Å². The van der Waals surface area contributed by atoms with Gasteiger partial charge in [-0.1, -0.05) is 48.0 Å². The molecule has 2 amide bonds. The number of amides is 2. The van der Waals surface area contributed by atoms with Crippen LogP contribution < -0.4 is 15.4 Å². The summed E-state index contributed by atoms with van der Waals surface area (Å²) in [5, 5.41) is 5.71. The summed E-state index contributed by atoms with van der Waals surface area (Å²) < 4.78 is 5.60. The van der Waals surface area contributed by atoms with Crippen molar-refractivity contribution in [2.45, 2.75) is 25.8 Å². The quantitative estimate of drug-likeness (QED) is 0.610. The Hall–Kier alpha value is -3.60. The van der Waals surface area contributed by atoms with E-state index in [1.165, 1.54) is 5.56 Å². The van der Waals surface area contributed by atoms with E-state index in [9.17, 15) is 9.59 Å². The van der Waals surface area contributed by atoms with Gasteiger partial charge in [0.15, 0.2) is 6.61 Å². The molecule has 5 nitrogen and oxygen atoms in total. The fourth-order valence-corrected chi connectivity index (χ4v) is 3.07. The number of rotatable bonds is 7. The van der Waals surface area contributed by atoms with E-state index in [1.54, 1.807) is 24.3 Å². The second kappa shape index (κ2) is 8.82. The molecule has 1 saturated carbocycles. The first-order valence-electron chi connectivity index (χ1n) is 10.1. The van der Waals surface area contributed by atoms with Crippen LogP contribution in [0.15, 0.2) is 72.8 Å². The lowest BCUT2D eigenvalue weighted by molar-refractivity contribution is -0.118. The van der Waals surface area contributed by atoms with E-state index in [1.807, 2.05) is 24.3 Å². The molecule has 5 heteroatoms. The molecule has 3 aromatic carbocycles. The molecule has 30 heavy (non-hydrogen) atoms. The van der Waals surface area contributed by atoms with Gasteiger partial charge < -0.3 is 15.4 Å². The highest BCUT2D eigenvalue weighted by molar-refractivity contribution is 5.97. The topological polar surface area (TPSA) is 67.4 Å². The van der Waals surface area contributed by atoms with Gasteiger partial charge in [-0.25, -0.2) is 0 Å². The molecular weight excluding hydrogens is 376 g/mol. The van der Waals surface area contributed by atoms with Crippen molar-refractivity contribution in [2.24, 2.45) is 0 Å². The summed E-state index contributed by atoms with van der Waals surface area (Å²) in [6.07, 6.45) is 2.07. The van der Waals surface area contributed by atoms with Crippen LogP contribution >= 0.6 is 0 Å². The van der Waals surface area contributed by atoms with Gasteiger partial charge in [0.2, 0.25) is 0 Å². The molecule has 0 saturated heterocycles. The zero-order valence-electron chi connectivity index (χ0n) is 16.9. The minimum absolute atomic E-state index is 0.109. The first-order chi connectivity index (χ1) is 14.6.